The van der Waals surface area contributed by atoms with Crippen molar-refractivity contribution in [1.82, 2.24) is 4.31 Å². The van der Waals surface area contributed by atoms with Gasteiger partial charge in [0.15, 0.2) is 6.10 Å². The number of sulfonamides is 1. The molecule has 4 aromatic rings. The van der Waals surface area contributed by atoms with E-state index in [-0.39, 0.29) is 12.4 Å². The van der Waals surface area contributed by atoms with Crippen molar-refractivity contribution >= 4 is 49.1 Å². The first-order valence-corrected chi connectivity index (χ1v) is 14.8. The lowest BCUT2D eigenvalue weighted by Crippen LogP contribution is -2.27. The van der Waals surface area contributed by atoms with E-state index >= 15 is 0 Å². The number of fused-ring (bicyclic) bond motifs is 1. The number of benzene rings is 3. The van der Waals surface area contributed by atoms with Crippen molar-refractivity contribution in [3.63, 3.8) is 0 Å². The van der Waals surface area contributed by atoms with Crippen molar-refractivity contribution in [3.05, 3.63) is 94.9 Å². The Hall–Kier alpha value is -3.93. The zero-order valence-electron chi connectivity index (χ0n) is 21.6. The molecule has 0 aliphatic rings. The molecular formula is C28H30N4O5S2. The van der Waals surface area contributed by atoms with Gasteiger partial charge >= 0.3 is 6.09 Å². The highest BCUT2D eigenvalue weighted by molar-refractivity contribution is 7.88. The number of amidine groups is 1. The topological polar surface area (TPSA) is 135 Å². The molecule has 0 spiro atoms. The quantitative estimate of drug-likeness (QED) is 0.173. The molecule has 9 nitrogen and oxygen atoms in total. The van der Waals surface area contributed by atoms with Crippen molar-refractivity contribution in [3.8, 4) is 5.75 Å². The lowest BCUT2D eigenvalue weighted by molar-refractivity contribution is 0.0910. The van der Waals surface area contributed by atoms with Gasteiger partial charge in [-0.05, 0) is 47.9 Å². The Balaban J connectivity index is 1.40. The summed E-state index contributed by atoms with van der Waals surface area (Å²) in [6, 6.07) is 24.1. The van der Waals surface area contributed by atoms with Gasteiger partial charge in [-0.1, -0.05) is 48.5 Å². The second kappa shape index (κ2) is 12.3. The van der Waals surface area contributed by atoms with Gasteiger partial charge in [0.1, 0.15) is 18.2 Å². The first-order valence-electron chi connectivity index (χ1n) is 12.1. The van der Waals surface area contributed by atoms with Gasteiger partial charge in [0, 0.05) is 29.4 Å². The normalized spacial score (nSPS) is 12.3. The minimum atomic E-state index is -3.23. The number of nitrogens with one attached hydrogen (secondary N) is 2. The van der Waals surface area contributed by atoms with E-state index in [2.05, 4.69) is 5.32 Å². The van der Waals surface area contributed by atoms with Crippen molar-refractivity contribution < 1.29 is 22.7 Å². The lowest BCUT2D eigenvalue weighted by Gasteiger charge is -2.20. The molecule has 1 unspecified atom stereocenters. The molecule has 11 heteroatoms. The van der Waals surface area contributed by atoms with E-state index in [0.717, 1.165) is 21.2 Å². The Morgan fingerprint density at radius 3 is 2.46 bits per heavy atom. The minimum absolute atomic E-state index is 0.00367. The molecule has 4 N–H and O–H groups in total. The zero-order valence-corrected chi connectivity index (χ0v) is 23.2. The monoisotopic (exact) mass is 566 g/mol. The Labute approximate surface area is 231 Å². The van der Waals surface area contributed by atoms with Crippen LogP contribution in [0, 0.1) is 5.41 Å². The Kier molecular flexibility index (Phi) is 8.85. The van der Waals surface area contributed by atoms with Gasteiger partial charge in [-0.2, -0.15) is 0 Å². The second-order valence-corrected chi connectivity index (χ2v) is 12.1. The lowest BCUT2D eigenvalue weighted by atomic mass is 10.1. The molecule has 0 aliphatic heterocycles. The molecule has 0 saturated heterocycles. The highest BCUT2D eigenvalue weighted by atomic mass is 32.2. The molecule has 1 amide bonds. The third-order valence-electron chi connectivity index (χ3n) is 6.08. The number of hydrogen-bond donors (Lipinski definition) is 3. The van der Waals surface area contributed by atoms with E-state index in [1.807, 2.05) is 66.7 Å². The first kappa shape index (κ1) is 28.1. The van der Waals surface area contributed by atoms with Gasteiger partial charge in [0.05, 0.1) is 11.1 Å². The van der Waals surface area contributed by atoms with E-state index in [9.17, 15) is 13.2 Å². The molecule has 3 aromatic carbocycles. The van der Waals surface area contributed by atoms with Crippen molar-refractivity contribution in [2.75, 3.05) is 31.8 Å². The summed E-state index contributed by atoms with van der Waals surface area (Å²) < 4.78 is 37.2. The maximum absolute atomic E-state index is 12.6. The number of carbonyl (C=O) groups excluding carboxylic acids is 1. The molecule has 0 saturated carbocycles. The Morgan fingerprint density at radius 1 is 1.08 bits per heavy atom. The molecule has 39 heavy (non-hydrogen) atoms. The largest absolute Gasteiger partial charge is 0.481 e. The molecule has 204 valence electrons. The van der Waals surface area contributed by atoms with Crippen LogP contribution in [-0.2, 0) is 21.2 Å². The van der Waals surface area contributed by atoms with Gasteiger partial charge in [-0.25, -0.2) is 17.5 Å². The molecule has 0 bridgehead atoms. The summed E-state index contributed by atoms with van der Waals surface area (Å²) in [6.45, 7) is 0.329. The number of hydrogen-bond acceptors (Lipinski definition) is 7. The molecule has 1 atom stereocenters. The third kappa shape index (κ3) is 7.56. The van der Waals surface area contributed by atoms with Crippen molar-refractivity contribution in [2.45, 2.75) is 12.5 Å². The van der Waals surface area contributed by atoms with E-state index in [1.165, 1.54) is 28.9 Å². The van der Waals surface area contributed by atoms with Crippen LogP contribution in [0.25, 0.3) is 10.1 Å². The average molecular weight is 567 g/mol. The standard InChI is InChI=1S/C28H30N4O5S2/c1-32(39(2,34)35)16-15-19-11-13-21(14-12-19)31-28(33)36-18-24(20-7-4-3-5-8-20)37-23-9-6-10-25-22(23)17-26(38-25)27(29)30/h3-14,17,24H,15-16,18H2,1-2H3,(H3,29,30)(H,31,33). The fourth-order valence-corrected chi connectivity index (χ4v) is 5.16. The van der Waals surface area contributed by atoms with Gasteiger partial charge in [-0.3, -0.25) is 10.7 Å². The highest BCUT2D eigenvalue weighted by Gasteiger charge is 2.19. The summed E-state index contributed by atoms with van der Waals surface area (Å²) in [5.74, 6) is 0.599. The number of nitrogens with zero attached hydrogens (tertiary/aromatic N) is 1. The van der Waals surface area contributed by atoms with Crippen LogP contribution in [0.1, 0.15) is 22.1 Å². The Bertz CT molecular complexity index is 1550. The summed E-state index contributed by atoms with van der Waals surface area (Å²) >= 11 is 1.41. The van der Waals surface area contributed by atoms with Crippen LogP contribution in [0.2, 0.25) is 0 Å². The molecule has 4 rings (SSSR count). The van der Waals surface area contributed by atoms with Crippen LogP contribution in [-0.4, -0.2) is 51.1 Å². The summed E-state index contributed by atoms with van der Waals surface area (Å²) in [7, 11) is -1.69. The number of amides is 1. The number of anilines is 1. The maximum Gasteiger partial charge on any atom is 0.411 e. The number of likely N-dealkylation sites (N-methyl/N-ethyl adjacent to an activating group) is 1. The maximum atomic E-state index is 12.6. The van der Waals surface area contributed by atoms with Crippen LogP contribution in [0.4, 0.5) is 10.5 Å². The van der Waals surface area contributed by atoms with Gasteiger partial charge in [-0.15, -0.1) is 11.3 Å². The number of nitrogen functional groups attached to an aromatic ring is 1. The molecule has 0 radical (unpaired) electrons. The number of rotatable bonds is 11. The molecule has 0 fully saturated rings. The number of ether oxygens (including phenoxy) is 2. The highest BCUT2D eigenvalue weighted by Crippen LogP contribution is 2.35. The predicted octanol–water partition coefficient (Wildman–Crippen LogP) is 4.99. The number of thiophene rings is 1. The molecule has 0 aliphatic carbocycles. The predicted molar refractivity (Wildman–Crippen MR) is 155 cm³/mol. The fourth-order valence-electron chi connectivity index (χ4n) is 3.80. The average Bonchev–Trinajstić information content (AvgIpc) is 3.36. The third-order valence-corrected chi connectivity index (χ3v) is 8.52. The van der Waals surface area contributed by atoms with E-state index in [0.29, 0.717) is 29.3 Å². The Morgan fingerprint density at radius 2 is 1.79 bits per heavy atom. The summed E-state index contributed by atoms with van der Waals surface area (Å²) in [5, 5.41) is 11.3. The number of carbonyl (C=O) groups is 1. The first-order chi connectivity index (χ1) is 18.6. The van der Waals surface area contributed by atoms with Crippen LogP contribution in [0.3, 0.4) is 0 Å². The van der Waals surface area contributed by atoms with Gasteiger partial charge in [0.2, 0.25) is 10.0 Å². The van der Waals surface area contributed by atoms with Crippen molar-refractivity contribution in [1.29, 1.82) is 5.41 Å². The molecule has 1 heterocycles. The van der Waals surface area contributed by atoms with E-state index in [4.69, 9.17) is 20.6 Å². The van der Waals surface area contributed by atoms with Gasteiger partial charge in [0.25, 0.3) is 0 Å². The van der Waals surface area contributed by atoms with Crippen LogP contribution < -0.4 is 15.8 Å². The van der Waals surface area contributed by atoms with Crippen LogP contribution in [0.5, 0.6) is 5.75 Å². The minimum Gasteiger partial charge on any atom is -0.481 e. The smallest absolute Gasteiger partial charge is 0.411 e. The van der Waals surface area contributed by atoms with E-state index < -0.39 is 22.2 Å². The van der Waals surface area contributed by atoms with Crippen molar-refractivity contribution in [2.24, 2.45) is 5.73 Å². The summed E-state index contributed by atoms with van der Waals surface area (Å²) in [4.78, 5) is 13.3. The van der Waals surface area contributed by atoms with Gasteiger partial charge < -0.3 is 15.2 Å². The summed E-state index contributed by atoms with van der Waals surface area (Å²) in [6.07, 6.45) is 0.523. The second-order valence-electron chi connectivity index (χ2n) is 8.96. The van der Waals surface area contributed by atoms with Crippen LogP contribution in [0.15, 0.2) is 78.9 Å². The summed E-state index contributed by atoms with van der Waals surface area (Å²) in [5.41, 5.74) is 8.02. The molecular weight excluding hydrogens is 536 g/mol. The fraction of sp³-hybridized carbons (Fsp3) is 0.214. The zero-order chi connectivity index (χ0) is 28.0. The SMILES string of the molecule is CN(CCc1ccc(NC(=O)OCC(Oc2cccc3sc(C(=N)N)cc23)c2ccccc2)cc1)S(C)(=O)=O. The number of nitrogens with two attached hydrogens (primary N) is 1. The van der Waals surface area contributed by atoms with E-state index in [1.54, 1.807) is 12.1 Å². The van der Waals surface area contributed by atoms with Crippen LogP contribution >= 0.6 is 11.3 Å². The molecule has 1 aromatic heterocycles.